The van der Waals surface area contributed by atoms with Crippen molar-refractivity contribution in [1.82, 2.24) is 14.9 Å². The average Bonchev–Trinajstić information content (AvgIpc) is 3.13. The standard InChI is InChI=1S/C29H34FN5O/c1-18(2)28-19(3)31-27(17-34(4)5)33-29(28)35-10-11-36-26-9-8-20(12-23(26)16-35)21-6-7-22-13-24(15-30)32-25(22)14-21/h6-9,12,14,18H,10-11,13,15-17H2,1-5H3. The molecular weight excluding hydrogens is 453 g/mol. The first-order chi connectivity index (χ1) is 17.3. The third-order valence-corrected chi connectivity index (χ3v) is 6.78. The molecule has 0 bridgehead atoms. The normalized spacial score (nSPS) is 15.0. The Morgan fingerprint density at radius 3 is 2.58 bits per heavy atom. The Balaban J connectivity index is 1.50. The van der Waals surface area contributed by atoms with E-state index in [0.717, 1.165) is 57.6 Å². The van der Waals surface area contributed by atoms with Gasteiger partial charge in [0.05, 0.1) is 24.5 Å². The van der Waals surface area contributed by atoms with Gasteiger partial charge in [-0.05, 0) is 61.8 Å². The van der Waals surface area contributed by atoms with Crippen LogP contribution in [0.4, 0.5) is 15.9 Å². The van der Waals surface area contributed by atoms with Gasteiger partial charge in [-0.1, -0.05) is 32.0 Å². The first-order valence-corrected chi connectivity index (χ1v) is 12.6. The highest BCUT2D eigenvalue weighted by atomic mass is 19.1. The van der Waals surface area contributed by atoms with Crippen LogP contribution in [-0.4, -0.2) is 54.5 Å². The van der Waals surface area contributed by atoms with Gasteiger partial charge in [0, 0.05) is 29.8 Å². The second kappa shape index (κ2) is 9.97. The van der Waals surface area contributed by atoms with Crippen LogP contribution in [0.3, 0.4) is 0 Å². The molecule has 5 rings (SSSR count). The smallest absolute Gasteiger partial charge is 0.144 e. The number of rotatable bonds is 6. The molecule has 2 aliphatic heterocycles. The van der Waals surface area contributed by atoms with E-state index in [0.29, 0.717) is 37.7 Å². The minimum atomic E-state index is -0.493. The number of ether oxygens (including phenoxy) is 1. The first-order valence-electron chi connectivity index (χ1n) is 12.6. The fourth-order valence-corrected chi connectivity index (χ4v) is 5.15. The van der Waals surface area contributed by atoms with Crippen molar-refractivity contribution in [3.63, 3.8) is 0 Å². The van der Waals surface area contributed by atoms with Crippen LogP contribution in [0, 0.1) is 6.92 Å². The van der Waals surface area contributed by atoms with E-state index in [9.17, 15) is 4.39 Å². The maximum Gasteiger partial charge on any atom is 0.144 e. The lowest BCUT2D eigenvalue weighted by Gasteiger charge is -2.27. The quantitative estimate of drug-likeness (QED) is 0.451. The Morgan fingerprint density at radius 1 is 1.06 bits per heavy atom. The predicted octanol–water partition coefficient (Wildman–Crippen LogP) is 5.63. The summed E-state index contributed by atoms with van der Waals surface area (Å²) < 4.78 is 19.3. The number of hydrogen-bond acceptors (Lipinski definition) is 6. The number of fused-ring (bicyclic) bond motifs is 2. The number of halogens is 1. The predicted molar refractivity (Wildman–Crippen MR) is 143 cm³/mol. The zero-order valence-electron chi connectivity index (χ0n) is 21.8. The first kappa shape index (κ1) is 24.4. The molecule has 0 amide bonds. The number of anilines is 1. The highest BCUT2D eigenvalue weighted by Crippen LogP contribution is 2.36. The minimum absolute atomic E-state index is 0.310. The number of alkyl halides is 1. The summed E-state index contributed by atoms with van der Waals surface area (Å²) in [6.07, 6.45) is 0.603. The van der Waals surface area contributed by atoms with Gasteiger partial charge in [0.1, 0.15) is 30.7 Å². The van der Waals surface area contributed by atoms with Gasteiger partial charge in [0.25, 0.3) is 0 Å². The van der Waals surface area contributed by atoms with Gasteiger partial charge in [-0.2, -0.15) is 0 Å². The Hall–Kier alpha value is -3.32. The molecule has 0 saturated heterocycles. The molecule has 0 fully saturated rings. The van der Waals surface area contributed by atoms with Gasteiger partial charge in [-0.3, -0.25) is 4.99 Å². The van der Waals surface area contributed by atoms with E-state index in [1.165, 1.54) is 5.56 Å². The van der Waals surface area contributed by atoms with Crippen LogP contribution < -0.4 is 9.64 Å². The lowest BCUT2D eigenvalue weighted by molar-refractivity contribution is 0.331. The van der Waals surface area contributed by atoms with Crippen LogP contribution in [0.1, 0.15) is 48.0 Å². The molecule has 6 nitrogen and oxygen atoms in total. The van der Waals surface area contributed by atoms with Crippen LogP contribution in [0.5, 0.6) is 5.75 Å². The largest absolute Gasteiger partial charge is 0.491 e. The van der Waals surface area contributed by atoms with Crippen molar-refractivity contribution in [2.75, 3.05) is 38.8 Å². The second-order valence-corrected chi connectivity index (χ2v) is 10.3. The van der Waals surface area contributed by atoms with E-state index in [1.807, 2.05) is 14.1 Å². The van der Waals surface area contributed by atoms with Crippen LogP contribution in [-0.2, 0) is 19.5 Å². The number of aromatic nitrogens is 2. The van der Waals surface area contributed by atoms with Gasteiger partial charge in [-0.15, -0.1) is 0 Å². The third-order valence-electron chi connectivity index (χ3n) is 6.78. The Morgan fingerprint density at radius 2 is 1.83 bits per heavy atom. The maximum absolute atomic E-state index is 13.1. The Labute approximate surface area is 212 Å². The van der Waals surface area contributed by atoms with Crippen molar-refractivity contribution in [3.05, 3.63) is 64.6 Å². The summed E-state index contributed by atoms with van der Waals surface area (Å²) in [5, 5.41) is 0. The highest BCUT2D eigenvalue weighted by Gasteiger charge is 2.24. The van der Waals surface area contributed by atoms with Crippen LogP contribution >= 0.6 is 0 Å². The van der Waals surface area contributed by atoms with Crippen molar-refractivity contribution in [2.45, 2.75) is 46.2 Å². The average molecular weight is 488 g/mol. The topological polar surface area (TPSA) is 53.9 Å². The summed E-state index contributed by atoms with van der Waals surface area (Å²) >= 11 is 0. The maximum atomic E-state index is 13.1. The van der Waals surface area contributed by atoms with E-state index in [-0.39, 0.29) is 0 Å². The molecule has 0 atom stereocenters. The molecule has 2 aliphatic rings. The number of hydrogen-bond donors (Lipinski definition) is 0. The zero-order chi connectivity index (χ0) is 25.4. The van der Waals surface area contributed by atoms with E-state index in [1.54, 1.807) is 0 Å². The summed E-state index contributed by atoms with van der Waals surface area (Å²) in [6, 6.07) is 12.6. The highest BCUT2D eigenvalue weighted by molar-refractivity contribution is 5.95. The number of aryl methyl sites for hydroxylation is 1. The number of nitrogens with zero attached hydrogens (tertiary/aromatic N) is 5. The van der Waals surface area contributed by atoms with Crippen LogP contribution in [0.25, 0.3) is 11.1 Å². The summed E-state index contributed by atoms with van der Waals surface area (Å²) in [4.78, 5) is 18.7. The molecule has 1 aromatic heterocycles. The summed E-state index contributed by atoms with van der Waals surface area (Å²) in [7, 11) is 4.07. The van der Waals surface area contributed by atoms with Crippen LogP contribution in [0.2, 0.25) is 0 Å². The van der Waals surface area contributed by atoms with Crippen molar-refractivity contribution < 1.29 is 9.13 Å². The van der Waals surface area contributed by atoms with Crippen molar-refractivity contribution in [3.8, 4) is 16.9 Å². The lowest BCUT2D eigenvalue weighted by Crippen LogP contribution is -2.29. The monoisotopic (exact) mass is 487 g/mol. The number of aliphatic imine (C=N–C) groups is 1. The number of benzene rings is 2. The minimum Gasteiger partial charge on any atom is -0.491 e. The molecule has 36 heavy (non-hydrogen) atoms. The molecule has 2 aromatic carbocycles. The molecule has 0 radical (unpaired) electrons. The van der Waals surface area contributed by atoms with Gasteiger partial charge in [-0.25, -0.2) is 14.4 Å². The molecule has 0 N–H and O–H groups in total. The Kier molecular flexibility index (Phi) is 6.75. The van der Waals surface area contributed by atoms with Gasteiger partial charge >= 0.3 is 0 Å². The zero-order valence-corrected chi connectivity index (χ0v) is 21.8. The summed E-state index contributed by atoms with van der Waals surface area (Å²) in [6.45, 7) is 8.74. The van der Waals surface area contributed by atoms with Crippen LogP contribution in [0.15, 0.2) is 41.4 Å². The molecule has 0 spiro atoms. The fraction of sp³-hybridized carbons (Fsp3) is 0.414. The lowest BCUT2D eigenvalue weighted by atomic mass is 9.99. The van der Waals surface area contributed by atoms with E-state index in [2.05, 4.69) is 72.0 Å². The van der Waals surface area contributed by atoms with Gasteiger partial charge in [0.2, 0.25) is 0 Å². The summed E-state index contributed by atoms with van der Waals surface area (Å²) in [5.41, 5.74) is 8.09. The van der Waals surface area contributed by atoms with E-state index in [4.69, 9.17) is 14.7 Å². The molecule has 0 unspecified atom stereocenters. The Bertz CT molecular complexity index is 1320. The molecule has 7 heteroatoms. The summed E-state index contributed by atoms with van der Waals surface area (Å²) in [5.74, 6) is 3.05. The molecule has 0 aliphatic carbocycles. The molecular formula is C29H34FN5O. The van der Waals surface area contributed by atoms with E-state index >= 15 is 0 Å². The fourth-order valence-electron chi connectivity index (χ4n) is 5.15. The molecule has 3 aromatic rings. The third kappa shape index (κ3) is 4.85. The van der Waals surface area contributed by atoms with Crippen molar-refractivity contribution in [2.24, 2.45) is 4.99 Å². The van der Waals surface area contributed by atoms with E-state index < -0.39 is 6.67 Å². The molecule has 188 valence electrons. The van der Waals surface area contributed by atoms with Gasteiger partial charge in [0.15, 0.2) is 0 Å². The van der Waals surface area contributed by atoms with Gasteiger partial charge < -0.3 is 14.5 Å². The molecule has 0 saturated carbocycles. The molecule has 3 heterocycles. The van der Waals surface area contributed by atoms with Crippen molar-refractivity contribution in [1.29, 1.82) is 0 Å². The SMILES string of the molecule is Cc1nc(CN(C)C)nc(N2CCOc3ccc(-c4ccc5c(c4)N=C(CF)C5)cc3C2)c1C(C)C. The second-order valence-electron chi connectivity index (χ2n) is 10.3. The van der Waals surface area contributed by atoms with Crippen molar-refractivity contribution >= 4 is 17.2 Å².